The van der Waals surface area contributed by atoms with Gasteiger partial charge in [-0.25, -0.2) is 0 Å². The number of nitrogens with zero attached hydrogens (tertiary/aromatic N) is 3. The summed E-state index contributed by atoms with van der Waals surface area (Å²) in [7, 11) is 0. The van der Waals surface area contributed by atoms with Crippen molar-refractivity contribution in [2.24, 2.45) is 10.3 Å². The molecule has 2 rings (SSSR count). The first-order chi connectivity index (χ1) is 8.78. The first kappa shape index (κ1) is 12.1. The van der Waals surface area contributed by atoms with Crippen LogP contribution in [-0.4, -0.2) is 0 Å². The highest BCUT2D eigenvalue weighted by molar-refractivity contribution is 6.30. The fourth-order valence-corrected chi connectivity index (χ4v) is 1.39. The zero-order valence-corrected chi connectivity index (χ0v) is 10.1. The van der Waals surface area contributed by atoms with E-state index in [1.165, 1.54) is 0 Å². The number of halogens is 1. The highest BCUT2D eigenvalue weighted by atomic mass is 35.5. The van der Waals surface area contributed by atoms with Gasteiger partial charge in [0, 0.05) is 5.02 Å². The molecule has 1 N–H and O–H groups in total. The largest absolute Gasteiger partial charge is 0.260 e. The van der Waals surface area contributed by atoms with Crippen molar-refractivity contribution in [1.82, 2.24) is 0 Å². The molecule has 0 aliphatic rings. The summed E-state index contributed by atoms with van der Waals surface area (Å²) in [4.78, 5) is 0. The van der Waals surface area contributed by atoms with Gasteiger partial charge in [0.1, 0.15) is 0 Å². The normalized spacial score (nSPS) is 10.2. The monoisotopic (exact) mass is 256 g/mol. The summed E-state index contributed by atoms with van der Waals surface area (Å²) in [5.74, 6) is 0. The van der Waals surface area contributed by atoms with Gasteiger partial charge in [-0.2, -0.15) is 5.26 Å². The van der Waals surface area contributed by atoms with Crippen LogP contribution in [0.3, 0.4) is 0 Å². The van der Waals surface area contributed by atoms with Crippen molar-refractivity contribution in [3.63, 3.8) is 0 Å². The quantitative estimate of drug-likeness (QED) is 0.657. The van der Waals surface area contributed by atoms with Gasteiger partial charge in [0.25, 0.3) is 0 Å². The summed E-state index contributed by atoms with van der Waals surface area (Å²) in [5.41, 5.74) is 4.86. The van der Waals surface area contributed by atoms with Crippen LogP contribution in [0.2, 0.25) is 5.02 Å². The summed E-state index contributed by atoms with van der Waals surface area (Å²) in [6.45, 7) is 0. The summed E-state index contributed by atoms with van der Waals surface area (Å²) in [6.07, 6.45) is 0. The number of benzene rings is 2. The SMILES string of the molecule is N#Cc1ccc(NN=Nc2ccc(Cl)cc2)cc1. The molecular formula is C13H9ClN4. The van der Waals surface area contributed by atoms with Gasteiger partial charge in [-0.15, -0.1) is 5.11 Å². The Hall–Kier alpha value is -2.38. The van der Waals surface area contributed by atoms with E-state index in [1.54, 1.807) is 48.5 Å². The van der Waals surface area contributed by atoms with Crippen molar-refractivity contribution < 1.29 is 0 Å². The topological polar surface area (TPSA) is 60.5 Å². The van der Waals surface area contributed by atoms with E-state index in [0.29, 0.717) is 16.3 Å². The fraction of sp³-hybridized carbons (Fsp3) is 0. The first-order valence-electron chi connectivity index (χ1n) is 5.20. The highest BCUT2D eigenvalue weighted by Crippen LogP contribution is 2.17. The van der Waals surface area contributed by atoms with E-state index in [4.69, 9.17) is 16.9 Å². The molecule has 2 aromatic rings. The molecule has 4 nitrogen and oxygen atoms in total. The van der Waals surface area contributed by atoms with Crippen LogP contribution >= 0.6 is 11.6 Å². The van der Waals surface area contributed by atoms with Crippen molar-refractivity contribution in [2.75, 3.05) is 5.43 Å². The third-order valence-electron chi connectivity index (χ3n) is 2.19. The molecule has 0 spiro atoms. The molecule has 0 aliphatic heterocycles. The molecule has 0 aromatic heterocycles. The summed E-state index contributed by atoms with van der Waals surface area (Å²) in [6, 6.07) is 16.0. The molecule has 0 heterocycles. The van der Waals surface area contributed by atoms with E-state index in [-0.39, 0.29) is 0 Å². The second-order valence-corrected chi connectivity index (χ2v) is 3.91. The zero-order chi connectivity index (χ0) is 12.8. The van der Waals surface area contributed by atoms with Crippen LogP contribution < -0.4 is 5.43 Å². The van der Waals surface area contributed by atoms with Crippen LogP contribution in [0.1, 0.15) is 5.56 Å². The Labute approximate surface area is 110 Å². The summed E-state index contributed by atoms with van der Waals surface area (Å²) in [5, 5.41) is 17.1. The van der Waals surface area contributed by atoms with Crippen molar-refractivity contribution in [3.05, 3.63) is 59.1 Å². The molecule has 18 heavy (non-hydrogen) atoms. The Morgan fingerprint density at radius 2 is 1.67 bits per heavy atom. The minimum Gasteiger partial charge on any atom is -0.260 e. The highest BCUT2D eigenvalue weighted by Gasteiger charge is 1.92. The van der Waals surface area contributed by atoms with Crippen LogP contribution in [0.5, 0.6) is 0 Å². The van der Waals surface area contributed by atoms with E-state index in [2.05, 4.69) is 15.8 Å². The molecule has 0 fully saturated rings. The van der Waals surface area contributed by atoms with Gasteiger partial charge >= 0.3 is 0 Å². The lowest BCUT2D eigenvalue weighted by Gasteiger charge is -1.98. The number of nitriles is 1. The van der Waals surface area contributed by atoms with Gasteiger partial charge in [0.05, 0.1) is 23.0 Å². The maximum absolute atomic E-state index is 8.65. The van der Waals surface area contributed by atoms with Crippen LogP contribution in [0, 0.1) is 11.3 Å². The van der Waals surface area contributed by atoms with Gasteiger partial charge in [-0.3, -0.25) is 5.43 Å². The second kappa shape index (κ2) is 5.80. The van der Waals surface area contributed by atoms with Crippen molar-refractivity contribution in [2.45, 2.75) is 0 Å². The van der Waals surface area contributed by atoms with Crippen LogP contribution in [-0.2, 0) is 0 Å². The van der Waals surface area contributed by atoms with Crippen molar-refractivity contribution in [3.8, 4) is 6.07 Å². The van der Waals surface area contributed by atoms with E-state index in [0.717, 1.165) is 5.69 Å². The minimum atomic E-state index is 0.607. The Bertz CT molecular complexity index is 582. The molecule has 0 saturated carbocycles. The first-order valence-corrected chi connectivity index (χ1v) is 5.58. The Morgan fingerprint density at radius 1 is 1.00 bits per heavy atom. The minimum absolute atomic E-state index is 0.607. The summed E-state index contributed by atoms with van der Waals surface area (Å²) < 4.78 is 0. The lowest BCUT2D eigenvalue weighted by Crippen LogP contribution is -1.86. The number of hydrogen-bond acceptors (Lipinski definition) is 3. The molecule has 0 atom stereocenters. The molecule has 88 valence electrons. The van der Waals surface area contributed by atoms with Crippen LogP contribution in [0.4, 0.5) is 11.4 Å². The molecule has 0 radical (unpaired) electrons. The van der Waals surface area contributed by atoms with E-state index in [9.17, 15) is 0 Å². The van der Waals surface area contributed by atoms with Crippen molar-refractivity contribution in [1.29, 1.82) is 5.26 Å². The Morgan fingerprint density at radius 3 is 2.28 bits per heavy atom. The van der Waals surface area contributed by atoms with E-state index in [1.807, 2.05) is 6.07 Å². The van der Waals surface area contributed by atoms with Crippen molar-refractivity contribution >= 4 is 23.0 Å². The molecule has 0 aliphatic carbocycles. The van der Waals surface area contributed by atoms with Gasteiger partial charge in [-0.1, -0.05) is 16.8 Å². The predicted octanol–water partition coefficient (Wildman–Crippen LogP) is 4.32. The molecule has 0 amide bonds. The number of hydrogen-bond donors (Lipinski definition) is 1. The third-order valence-corrected chi connectivity index (χ3v) is 2.44. The van der Waals surface area contributed by atoms with Gasteiger partial charge in [0.15, 0.2) is 0 Å². The second-order valence-electron chi connectivity index (χ2n) is 3.48. The number of rotatable bonds is 3. The molecule has 0 unspecified atom stereocenters. The van der Waals surface area contributed by atoms with Gasteiger partial charge in [0.2, 0.25) is 0 Å². The molecular weight excluding hydrogens is 248 g/mol. The third kappa shape index (κ3) is 3.30. The maximum atomic E-state index is 8.65. The standard InChI is InChI=1S/C13H9ClN4/c14-11-3-7-13(8-4-11)17-18-16-12-5-1-10(9-15)2-6-12/h1-8H,(H,16,17). The lowest BCUT2D eigenvalue weighted by atomic mass is 10.2. The van der Waals surface area contributed by atoms with Gasteiger partial charge in [-0.05, 0) is 48.5 Å². The lowest BCUT2D eigenvalue weighted by molar-refractivity contribution is 1.13. The van der Waals surface area contributed by atoms with E-state index >= 15 is 0 Å². The van der Waals surface area contributed by atoms with Gasteiger partial charge < -0.3 is 0 Å². The predicted molar refractivity (Wildman–Crippen MR) is 70.7 cm³/mol. The molecule has 0 bridgehead atoms. The summed E-state index contributed by atoms with van der Waals surface area (Å²) >= 11 is 5.76. The van der Waals surface area contributed by atoms with Crippen LogP contribution in [0.25, 0.3) is 0 Å². The molecule has 5 heteroatoms. The average Bonchev–Trinajstić information content (AvgIpc) is 2.42. The smallest absolute Gasteiger partial charge is 0.0991 e. The van der Waals surface area contributed by atoms with Crippen LogP contribution in [0.15, 0.2) is 58.9 Å². The Balaban J connectivity index is 1.98. The molecule has 2 aromatic carbocycles. The van der Waals surface area contributed by atoms with E-state index < -0.39 is 0 Å². The average molecular weight is 257 g/mol. The zero-order valence-electron chi connectivity index (χ0n) is 9.34. The fourth-order valence-electron chi connectivity index (χ4n) is 1.27. The maximum Gasteiger partial charge on any atom is 0.0991 e. The number of anilines is 1. The molecule has 0 saturated heterocycles. The Kier molecular flexibility index (Phi) is 3.90. The number of nitrogens with one attached hydrogen (secondary N) is 1.